The molecular formula is C13H17N3O3S. The van der Waals surface area contributed by atoms with Crippen LogP contribution >= 0.6 is 11.3 Å². The number of hydrogen-bond donors (Lipinski definition) is 3. The van der Waals surface area contributed by atoms with Crippen LogP contribution in [-0.4, -0.2) is 34.6 Å². The van der Waals surface area contributed by atoms with Crippen molar-refractivity contribution in [1.29, 1.82) is 0 Å². The molecule has 7 heteroatoms. The molecule has 1 amide bonds. The van der Waals surface area contributed by atoms with E-state index < -0.39 is 5.97 Å². The number of aromatic carboxylic acids is 1. The third-order valence-corrected chi connectivity index (χ3v) is 5.06. The van der Waals surface area contributed by atoms with E-state index in [-0.39, 0.29) is 17.6 Å². The fraction of sp³-hybridized carbons (Fsp3) is 0.615. The van der Waals surface area contributed by atoms with Gasteiger partial charge in [0.1, 0.15) is 5.01 Å². The average molecular weight is 295 g/mol. The zero-order chi connectivity index (χ0) is 14.1. The van der Waals surface area contributed by atoms with Crippen LogP contribution in [0, 0.1) is 11.8 Å². The quantitative estimate of drug-likeness (QED) is 0.766. The molecule has 1 aromatic heterocycles. The Bertz CT molecular complexity index is 531. The molecule has 0 radical (unpaired) electrons. The molecule has 1 aromatic rings. The number of carboxylic acid groups (broad SMARTS) is 1. The maximum atomic E-state index is 12.2. The summed E-state index contributed by atoms with van der Waals surface area (Å²) in [5, 5.41) is 17.1. The van der Waals surface area contributed by atoms with Crippen LogP contribution in [0.5, 0.6) is 0 Å². The summed E-state index contributed by atoms with van der Waals surface area (Å²) < 4.78 is 0. The lowest BCUT2D eigenvalue weighted by molar-refractivity contribution is -0.123. The molecule has 1 saturated carbocycles. The molecule has 3 rings (SSSR count). The van der Waals surface area contributed by atoms with Crippen molar-refractivity contribution in [3.63, 3.8) is 0 Å². The van der Waals surface area contributed by atoms with Crippen molar-refractivity contribution >= 4 is 23.2 Å². The summed E-state index contributed by atoms with van der Waals surface area (Å²) in [5.74, 6) is 0.0710. The zero-order valence-electron chi connectivity index (χ0n) is 11.0. The molecule has 0 spiro atoms. The molecular weight excluding hydrogens is 278 g/mol. The first-order chi connectivity index (χ1) is 9.65. The van der Waals surface area contributed by atoms with Gasteiger partial charge in [-0.15, -0.1) is 11.3 Å². The van der Waals surface area contributed by atoms with Crippen molar-refractivity contribution in [2.75, 3.05) is 6.54 Å². The minimum atomic E-state index is -1.04. The first-order valence-electron chi connectivity index (χ1n) is 6.84. The van der Waals surface area contributed by atoms with Crippen molar-refractivity contribution in [3.8, 4) is 0 Å². The van der Waals surface area contributed by atoms with Gasteiger partial charge in [0.25, 0.3) is 0 Å². The monoisotopic (exact) mass is 295 g/mol. The van der Waals surface area contributed by atoms with E-state index >= 15 is 0 Å². The van der Waals surface area contributed by atoms with Gasteiger partial charge in [-0.05, 0) is 31.2 Å². The number of amides is 1. The van der Waals surface area contributed by atoms with Gasteiger partial charge in [-0.25, -0.2) is 9.78 Å². The van der Waals surface area contributed by atoms with Gasteiger partial charge in [0.2, 0.25) is 5.91 Å². The minimum absolute atomic E-state index is 0.00600. The van der Waals surface area contributed by atoms with Gasteiger partial charge in [-0.3, -0.25) is 4.79 Å². The molecule has 108 valence electrons. The van der Waals surface area contributed by atoms with Crippen LogP contribution < -0.4 is 10.6 Å². The highest BCUT2D eigenvalue weighted by Gasteiger charge is 2.42. The van der Waals surface area contributed by atoms with E-state index in [0.717, 1.165) is 13.0 Å². The lowest BCUT2D eigenvalue weighted by Gasteiger charge is -2.17. The van der Waals surface area contributed by atoms with Gasteiger partial charge < -0.3 is 15.7 Å². The van der Waals surface area contributed by atoms with Gasteiger partial charge in [0.15, 0.2) is 5.69 Å². The van der Waals surface area contributed by atoms with Crippen LogP contribution in [0.4, 0.5) is 0 Å². The summed E-state index contributed by atoms with van der Waals surface area (Å²) in [5.41, 5.74) is 0.0362. The number of carboxylic acids is 1. The molecule has 6 nitrogen and oxygen atoms in total. The molecule has 1 aliphatic heterocycles. The summed E-state index contributed by atoms with van der Waals surface area (Å²) >= 11 is 1.25. The normalized spacial score (nSPS) is 28.3. The maximum absolute atomic E-state index is 12.2. The van der Waals surface area contributed by atoms with Gasteiger partial charge in [0.05, 0.1) is 12.6 Å². The molecule has 3 unspecified atom stereocenters. The van der Waals surface area contributed by atoms with Crippen LogP contribution in [0.2, 0.25) is 0 Å². The fourth-order valence-corrected chi connectivity index (χ4v) is 3.95. The standard InChI is InChI=1S/C13H17N3O3S/c17-12(11-8-3-1-2-7(8)4-14-11)15-5-10-16-9(6-20-10)13(18)19/h6-8,11,14H,1-5H2,(H,15,17)(H,18,19). The highest BCUT2D eigenvalue weighted by Crippen LogP contribution is 2.37. The number of thiazole rings is 1. The molecule has 0 bridgehead atoms. The van der Waals surface area contributed by atoms with E-state index in [9.17, 15) is 9.59 Å². The molecule has 0 aromatic carbocycles. The summed E-state index contributed by atoms with van der Waals surface area (Å²) in [4.78, 5) is 26.9. The number of hydrogen-bond acceptors (Lipinski definition) is 5. The van der Waals surface area contributed by atoms with Gasteiger partial charge in [-0.2, -0.15) is 0 Å². The van der Waals surface area contributed by atoms with E-state index in [0.29, 0.717) is 23.4 Å². The topological polar surface area (TPSA) is 91.3 Å². The summed E-state index contributed by atoms with van der Waals surface area (Å²) in [6.45, 7) is 1.23. The largest absolute Gasteiger partial charge is 0.476 e. The number of nitrogens with zero attached hydrogens (tertiary/aromatic N) is 1. The van der Waals surface area contributed by atoms with Crippen molar-refractivity contribution in [3.05, 3.63) is 16.1 Å². The number of rotatable bonds is 4. The molecule has 1 aliphatic carbocycles. The highest BCUT2D eigenvalue weighted by atomic mass is 32.1. The number of carbonyl (C=O) groups is 2. The Kier molecular flexibility index (Phi) is 3.71. The van der Waals surface area contributed by atoms with E-state index in [1.54, 1.807) is 0 Å². The van der Waals surface area contributed by atoms with Crippen LogP contribution in [0.25, 0.3) is 0 Å². The van der Waals surface area contributed by atoms with E-state index in [1.807, 2.05) is 0 Å². The fourth-order valence-electron chi connectivity index (χ4n) is 3.24. The molecule has 1 saturated heterocycles. The second kappa shape index (κ2) is 5.49. The van der Waals surface area contributed by atoms with E-state index in [2.05, 4.69) is 15.6 Å². The smallest absolute Gasteiger partial charge is 0.355 e. The molecule has 20 heavy (non-hydrogen) atoms. The van der Waals surface area contributed by atoms with Crippen molar-refractivity contribution in [1.82, 2.24) is 15.6 Å². The Morgan fingerprint density at radius 1 is 1.50 bits per heavy atom. The van der Waals surface area contributed by atoms with E-state index in [4.69, 9.17) is 5.11 Å². The Morgan fingerprint density at radius 3 is 3.10 bits per heavy atom. The average Bonchev–Trinajstić information content (AvgIpc) is 3.11. The molecule has 3 atom stereocenters. The SMILES string of the molecule is O=C(O)c1csc(CNC(=O)C2NCC3CCCC32)n1. The Morgan fingerprint density at radius 2 is 2.35 bits per heavy atom. The Balaban J connectivity index is 1.55. The first-order valence-corrected chi connectivity index (χ1v) is 7.72. The zero-order valence-corrected chi connectivity index (χ0v) is 11.8. The van der Waals surface area contributed by atoms with Crippen LogP contribution in [-0.2, 0) is 11.3 Å². The number of nitrogens with one attached hydrogen (secondary N) is 2. The first kappa shape index (κ1) is 13.5. The van der Waals surface area contributed by atoms with Crippen molar-refractivity contribution in [2.24, 2.45) is 11.8 Å². The number of carbonyl (C=O) groups excluding carboxylic acids is 1. The molecule has 2 aliphatic rings. The van der Waals surface area contributed by atoms with Gasteiger partial charge >= 0.3 is 5.97 Å². The summed E-state index contributed by atoms with van der Waals surface area (Å²) in [6.07, 6.45) is 3.56. The van der Waals surface area contributed by atoms with Crippen LogP contribution in [0.3, 0.4) is 0 Å². The molecule has 3 N–H and O–H groups in total. The summed E-state index contributed by atoms with van der Waals surface area (Å²) in [6, 6.07) is -0.0959. The second-order valence-electron chi connectivity index (χ2n) is 5.39. The van der Waals surface area contributed by atoms with Crippen molar-refractivity contribution in [2.45, 2.75) is 31.8 Å². The minimum Gasteiger partial charge on any atom is -0.476 e. The molecule has 2 heterocycles. The van der Waals surface area contributed by atoms with E-state index in [1.165, 1.54) is 29.6 Å². The second-order valence-corrected chi connectivity index (χ2v) is 6.33. The maximum Gasteiger partial charge on any atom is 0.355 e. The Hall–Kier alpha value is -1.47. The van der Waals surface area contributed by atoms with Crippen molar-refractivity contribution < 1.29 is 14.7 Å². The number of fused-ring (bicyclic) bond motifs is 1. The lowest BCUT2D eigenvalue weighted by atomic mass is 9.94. The van der Waals surface area contributed by atoms with Gasteiger partial charge in [-0.1, -0.05) is 6.42 Å². The predicted octanol–water partition coefficient (Wildman–Crippen LogP) is 0.846. The Labute approximate surface area is 120 Å². The van der Waals surface area contributed by atoms with Crippen LogP contribution in [0.15, 0.2) is 5.38 Å². The third-order valence-electron chi connectivity index (χ3n) is 4.21. The third kappa shape index (κ3) is 2.55. The summed E-state index contributed by atoms with van der Waals surface area (Å²) in [7, 11) is 0. The lowest BCUT2D eigenvalue weighted by Crippen LogP contribution is -2.43. The van der Waals surface area contributed by atoms with Gasteiger partial charge in [0, 0.05) is 5.38 Å². The number of aromatic nitrogens is 1. The highest BCUT2D eigenvalue weighted by molar-refractivity contribution is 7.09. The predicted molar refractivity (Wildman–Crippen MR) is 73.5 cm³/mol. The van der Waals surface area contributed by atoms with Crippen LogP contribution in [0.1, 0.15) is 34.8 Å². The molecule has 2 fully saturated rings.